The third kappa shape index (κ3) is 2.78. The first-order valence-corrected chi connectivity index (χ1v) is 5.04. The summed E-state index contributed by atoms with van der Waals surface area (Å²) in [5.41, 5.74) is 2.03. The van der Waals surface area contributed by atoms with Crippen molar-refractivity contribution in [3.8, 4) is 11.4 Å². The maximum absolute atomic E-state index is 10.3. The molecule has 0 fully saturated rings. The minimum Gasteiger partial charge on any atom is -0.478 e. The van der Waals surface area contributed by atoms with Crippen LogP contribution in [0.3, 0.4) is 0 Å². The molecule has 1 N–H and O–H groups in total. The number of benzene rings is 1. The van der Waals surface area contributed by atoms with Gasteiger partial charge in [-0.25, -0.2) is 14.5 Å². The van der Waals surface area contributed by atoms with Gasteiger partial charge in [-0.3, -0.25) is 0 Å². The van der Waals surface area contributed by atoms with Crippen LogP contribution in [0.15, 0.2) is 36.7 Å². The van der Waals surface area contributed by atoms with Crippen molar-refractivity contribution in [2.24, 2.45) is 0 Å². The Kier molecular flexibility index (Phi) is 3.00. The topological polar surface area (TPSA) is 68.0 Å². The van der Waals surface area contributed by atoms with Gasteiger partial charge in [-0.2, -0.15) is 0 Å². The maximum atomic E-state index is 10.3. The standard InChI is InChI=1S/C12H11N3O2/c1-9-3-2-4-10(7-9)12-13-8-15(14-12)6-5-11(16)17/h2-8H,1H3,(H,16,17)/b6-5-. The third-order valence-electron chi connectivity index (χ3n) is 2.15. The Morgan fingerprint density at radius 2 is 2.29 bits per heavy atom. The van der Waals surface area contributed by atoms with Crippen molar-refractivity contribution in [3.05, 3.63) is 42.2 Å². The van der Waals surface area contributed by atoms with Gasteiger partial charge in [0.1, 0.15) is 6.33 Å². The van der Waals surface area contributed by atoms with Gasteiger partial charge in [-0.1, -0.05) is 23.8 Å². The molecule has 5 heteroatoms. The lowest BCUT2D eigenvalue weighted by molar-refractivity contribution is -0.131. The van der Waals surface area contributed by atoms with Crippen molar-refractivity contribution in [1.82, 2.24) is 14.8 Å². The highest BCUT2D eigenvalue weighted by Crippen LogP contribution is 2.15. The Morgan fingerprint density at radius 3 is 3.00 bits per heavy atom. The molecule has 0 unspecified atom stereocenters. The summed E-state index contributed by atoms with van der Waals surface area (Å²) in [7, 11) is 0. The molecule has 2 aromatic rings. The Labute approximate surface area is 98.0 Å². The van der Waals surface area contributed by atoms with E-state index in [1.165, 1.54) is 17.2 Å². The van der Waals surface area contributed by atoms with Crippen molar-refractivity contribution in [2.45, 2.75) is 6.92 Å². The van der Waals surface area contributed by atoms with Gasteiger partial charge >= 0.3 is 5.97 Å². The van der Waals surface area contributed by atoms with Crippen molar-refractivity contribution >= 4 is 12.2 Å². The van der Waals surface area contributed by atoms with E-state index in [1.807, 2.05) is 31.2 Å². The van der Waals surface area contributed by atoms with E-state index in [-0.39, 0.29) is 0 Å². The molecular weight excluding hydrogens is 218 g/mol. The first-order valence-electron chi connectivity index (χ1n) is 5.04. The largest absolute Gasteiger partial charge is 0.478 e. The van der Waals surface area contributed by atoms with Crippen molar-refractivity contribution in [3.63, 3.8) is 0 Å². The molecule has 0 bridgehead atoms. The molecule has 1 heterocycles. The van der Waals surface area contributed by atoms with E-state index in [1.54, 1.807) is 0 Å². The molecule has 86 valence electrons. The number of aryl methyl sites for hydroxylation is 1. The van der Waals surface area contributed by atoms with Crippen LogP contribution < -0.4 is 0 Å². The lowest BCUT2D eigenvalue weighted by atomic mass is 10.1. The normalized spacial score (nSPS) is 10.9. The van der Waals surface area contributed by atoms with Crippen LogP contribution in [0.5, 0.6) is 0 Å². The Balaban J connectivity index is 2.27. The summed E-state index contributed by atoms with van der Waals surface area (Å²) in [6.07, 6.45) is 3.82. The molecule has 0 atom stereocenters. The van der Waals surface area contributed by atoms with Crippen LogP contribution in [-0.4, -0.2) is 25.8 Å². The summed E-state index contributed by atoms with van der Waals surface area (Å²) < 4.78 is 1.37. The van der Waals surface area contributed by atoms with Crippen molar-refractivity contribution in [2.75, 3.05) is 0 Å². The predicted octanol–water partition coefficient (Wildman–Crippen LogP) is 1.81. The summed E-state index contributed by atoms with van der Waals surface area (Å²) in [5, 5.41) is 12.6. The molecule has 5 nitrogen and oxygen atoms in total. The summed E-state index contributed by atoms with van der Waals surface area (Å²) in [5.74, 6) is -0.443. The number of nitrogens with zero attached hydrogens (tertiary/aromatic N) is 3. The smallest absolute Gasteiger partial charge is 0.329 e. The van der Waals surface area contributed by atoms with E-state index >= 15 is 0 Å². The fourth-order valence-electron chi connectivity index (χ4n) is 1.40. The highest BCUT2D eigenvalue weighted by molar-refractivity contribution is 5.82. The fourth-order valence-corrected chi connectivity index (χ4v) is 1.40. The third-order valence-corrected chi connectivity index (χ3v) is 2.15. The monoisotopic (exact) mass is 229 g/mol. The SMILES string of the molecule is Cc1cccc(-c2ncn(/C=C\C(=O)O)n2)c1. The molecule has 0 radical (unpaired) electrons. The van der Waals surface area contributed by atoms with Gasteiger partial charge in [-0.15, -0.1) is 5.10 Å². The Hall–Kier alpha value is -2.43. The van der Waals surface area contributed by atoms with Gasteiger partial charge < -0.3 is 5.11 Å². The van der Waals surface area contributed by atoms with Crippen LogP contribution in [-0.2, 0) is 4.79 Å². The van der Waals surface area contributed by atoms with E-state index in [0.717, 1.165) is 17.2 Å². The molecule has 0 aliphatic rings. The molecule has 0 aliphatic carbocycles. The van der Waals surface area contributed by atoms with Gasteiger partial charge in [0.2, 0.25) is 0 Å². The first-order chi connectivity index (χ1) is 8.15. The zero-order valence-corrected chi connectivity index (χ0v) is 9.24. The summed E-state index contributed by atoms with van der Waals surface area (Å²) in [4.78, 5) is 14.5. The average Bonchev–Trinajstić information content (AvgIpc) is 2.75. The van der Waals surface area contributed by atoms with Crippen LogP contribution in [0.25, 0.3) is 17.6 Å². The number of hydrogen-bond acceptors (Lipinski definition) is 3. The molecular formula is C12H11N3O2. The van der Waals surface area contributed by atoms with Gasteiger partial charge in [-0.05, 0) is 13.0 Å². The highest BCUT2D eigenvalue weighted by atomic mass is 16.4. The molecule has 2 rings (SSSR count). The van der Waals surface area contributed by atoms with Gasteiger partial charge in [0.05, 0.1) is 0 Å². The molecule has 0 aliphatic heterocycles. The summed E-state index contributed by atoms with van der Waals surface area (Å²) in [6.45, 7) is 1.99. The molecule has 0 spiro atoms. The van der Waals surface area contributed by atoms with Crippen LogP contribution in [0.1, 0.15) is 5.56 Å². The summed E-state index contributed by atoms with van der Waals surface area (Å²) >= 11 is 0. The Bertz CT molecular complexity index is 573. The number of carboxylic acids is 1. The lowest BCUT2D eigenvalue weighted by Crippen LogP contribution is -1.91. The quantitative estimate of drug-likeness (QED) is 0.815. The molecule has 0 saturated heterocycles. The second-order valence-corrected chi connectivity index (χ2v) is 3.57. The van der Waals surface area contributed by atoms with Crippen molar-refractivity contribution in [1.29, 1.82) is 0 Å². The van der Waals surface area contributed by atoms with Crippen molar-refractivity contribution < 1.29 is 9.90 Å². The molecule has 17 heavy (non-hydrogen) atoms. The average molecular weight is 229 g/mol. The fraction of sp³-hybridized carbons (Fsp3) is 0.0833. The van der Waals surface area contributed by atoms with E-state index in [0.29, 0.717) is 5.82 Å². The molecule has 0 saturated carbocycles. The zero-order valence-electron chi connectivity index (χ0n) is 9.24. The van der Waals surface area contributed by atoms with Gasteiger partial charge in [0.25, 0.3) is 0 Å². The molecule has 0 amide bonds. The zero-order chi connectivity index (χ0) is 12.3. The predicted molar refractivity (Wildman–Crippen MR) is 63.2 cm³/mol. The number of aromatic nitrogens is 3. The second-order valence-electron chi connectivity index (χ2n) is 3.57. The van der Waals surface area contributed by atoms with Crippen LogP contribution in [0, 0.1) is 6.92 Å². The minimum atomic E-state index is -1.02. The minimum absolute atomic E-state index is 0.573. The molecule has 1 aromatic carbocycles. The van der Waals surface area contributed by atoms with E-state index < -0.39 is 5.97 Å². The first kappa shape index (κ1) is 11.1. The maximum Gasteiger partial charge on any atom is 0.329 e. The Morgan fingerprint density at radius 1 is 1.47 bits per heavy atom. The second kappa shape index (κ2) is 4.61. The van der Waals surface area contributed by atoms with E-state index in [9.17, 15) is 4.79 Å². The van der Waals surface area contributed by atoms with Gasteiger partial charge in [0, 0.05) is 17.8 Å². The van der Waals surface area contributed by atoms with Crippen LogP contribution >= 0.6 is 0 Å². The number of hydrogen-bond donors (Lipinski definition) is 1. The van der Waals surface area contributed by atoms with E-state index in [4.69, 9.17) is 5.11 Å². The highest BCUT2D eigenvalue weighted by Gasteiger charge is 2.02. The van der Waals surface area contributed by atoms with E-state index in [2.05, 4.69) is 10.1 Å². The number of carboxylic acid groups (broad SMARTS) is 1. The summed E-state index contributed by atoms with van der Waals surface area (Å²) in [6, 6.07) is 7.80. The van der Waals surface area contributed by atoms with Gasteiger partial charge in [0.15, 0.2) is 5.82 Å². The number of rotatable bonds is 3. The number of aliphatic carboxylic acids is 1. The van der Waals surface area contributed by atoms with Crippen LogP contribution in [0.4, 0.5) is 0 Å². The molecule has 1 aromatic heterocycles. The number of carbonyl (C=O) groups is 1. The van der Waals surface area contributed by atoms with Crippen LogP contribution in [0.2, 0.25) is 0 Å². The lowest BCUT2D eigenvalue weighted by Gasteiger charge is -1.96.